The predicted octanol–water partition coefficient (Wildman–Crippen LogP) is 2.60. The number of hydrogen-bond acceptors (Lipinski definition) is 4. The summed E-state index contributed by atoms with van der Waals surface area (Å²) in [5.41, 5.74) is -0.449. The number of halogens is 2. The molecule has 20 heavy (non-hydrogen) atoms. The van der Waals surface area contributed by atoms with Gasteiger partial charge in [-0.25, -0.2) is 9.18 Å². The fraction of sp³-hybridized carbons (Fsp3) is 0.500. The molecule has 0 aromatic heterocycles. The van der Waals surface area contributed by atoms with Crippen molar-refractivity contribution in [2.45, 2.75) is 19.4 Å². The summed E-state index contributed by atoms with van der Waals surface area (Å²) < 4.78 is 23.8. The Kier molecular flexibility index (Phi) is 6.58. The molecule has 1 aromatic carbocycles. The molecule has 1 atom stereocenters. The summed E-state index contributed by atoms with van der Waals surface area (Å²) >= 11 is 3.29. The average Bonchev–Trinajstić information content (AvgIpc) is 2.39. The van der Waals surface area contributed by atoms with Gasteiger partial charge in [-0.15, -0.1) is 0 Å². The highest BCUT2D eigenvalue weighted by atomic mass is 79.9. The van der Waals surface area contributed by atoms with Crippen molar-refractivity contribution in [3.05, 3.63) is 34.1 Å². The Balaban J connectivity index is 3.11. The fourth-order valence-electron chi connectivity index (χ4n) is 1.85. The van der Waals surface area contributed by atoms with Crippen LogP contribution >= 0.6 is 15.9 Å². The number of nitrogens with one attached hydrogen (secondary N) is 1. The van der Waals surface area contributed by atoms with Crippen LogP contribution in [0.5, 0.6) is 0 Å². The van der Waals surface area contributed by atoms with Gasteiger partial charge >= 0.3 is 5.97 Å². The molecule has 1 unspecified atom stereocenters. The quantitative estimate of drug-likeness (QED) is 0.608. The molecule has 112 valence electrons. The van der Waals surface area contributed by atoms with Gasteiger partial charge in [0.05, 0.1) is 13.2 Å². The largest absolute Gasteiger partial charge is 0.464 e. The monoisotopic (exact) mass is 347 g/mol. The highest BCUT2D eigenvalue weighted by molar-refractivity contribution is 9.10. The molecule has 0 saturated carbocycles. The molecule has 0 saturated heterocycles. The van der Waals surface area contributed by atoms with E-state index in [4.69, 9.17) is 9.47 Å². The van der Waals surface area contributed by atoms with E-state index in [0.29, 0.717) is 23.2 Å². The van der Waals surface area contributed by atoms with E-state index in [1.165, 1.54) is 12.1 Å². The minimum Gasteiger partial charge on any atom is -0.464 e. The summed E-state index contributed by atoms with van der Waals surface area (Å²) in [6.45, 7) is 4.65. The van der Waals surface area contributed by atoms with Crippen LogP contribution in [0.2, 0.25) is 0 Å². The first-order valence-electron chi connectivity index (χ1n) is 6.32. The van der Waals surface area contributed by atoms with Crippen LogP contribution in [0.15, 0.2) is 22.7 Å². The van der Waals surface area contributed by atoms with Gasteiger partial charge in [0.2, 0.25) is 0 Å². The smallest absolute Gasteiger partial charge is 0.330 e. The standard InChI is InChI=1S/C14H19BrFNO3/c1-4-20-13(18)14(2,17-7-8-19-3)11-6-5-10(16)9-12(11)15/h5-6,9,17H,4,7-8H2,1-3H3. The van der Waals surface area contributed by atoms with E-state index in [1.807, 2.05) is 0 Å². The predicted molar refractivity (Wildman–Crippen MR) is 78.0 cm³/mol. The third kappa shape index (κ3) is 4.01. The van der Waals surface area contributed by atoms with E-state index in [9.17, 15) is 9.18 Å². The molecule has 0 spiro atoms. The second kappa shape index (κ2) is 7.71. The lowest BCUT2D eigenvalue weighted by Gasteiger charge is -2.30. The summed E-state index contributed by atoms with van der Waals surface area (Å²) in [5.74, 6) is -0.785. The Labute approximate surface area is 126 Å². The third-order valence-electron chi connectivity index (χ3n) is 2.94. The lowest BCUT2D eigenvalue weighted by Crippen LogP contribution is -2.49. The summed E-state index contributed by atoms with van der Waals surface area (Å²) in [4.78, 5) is 12.3. The summed E-state index contributed by atoms with van der Waals surface area (Å²) in [6, 6.07) is 4.20. The molecule has 1 N–H and O–H groups in total. The Morgan fingerprint density at radius 1 is 1.50 bits per heavy atom. The van der Waals surface area contributed by atoms with Gasteiger partial charge in [0, 0.05) is 18.1 Å². The number of rotatable bonds is 7. The van der Waals surface area contributed by atoms with Crippen LogP contribution < -0.4 is 5.32 Å². The van der Waals surface area contributed by atoms with Gasteiger partial charge < -0.3 is 9.47 Å². The van der Waals surface area contributed by atoms with Crippen LogP contribution in [0, 0.1) is 5.82 Å². The van der Waals surface area contributed by atoms with Gasteiger partial charge in [-0.05, 0) is 31.5 Å². The number of methoxy groups -OCH3 is 1. The van der Waals surface area contributed by atoms with Crippen LogP contribution in [0.25, 0.3) is 0 Å². The minimum atomic E-state index is -1.07. The molecule has 0 bridgehead atoms. The molecular formula is C14H19BrFNO3. The van der Waals surface area contributed by atoms with Crippen LogP contribution in [0.3, 0.4) is 0 Å². The number of hydrogen-bond donors (Lipinski definition) is 1. The molecule has 0 aliphatic heterocycles. The van der Waals surface area contributed by atoms with Gasteiger partial charge in [0.15, 0.2) is 0 Å². The first kappa shape index (κ1) is 17.1. The first-order chi connectivity index (χ1) is 9.45. The average molecular weight is 348 g/mol. The number of esters is 1. The van der Waals surface area contributed by atoms with Crippen LogP contribution in [0.1, 0.15) is 19.4 Å². The fourth-order valence-corrected chi connectivity index (χ4v) is 2.60. The molecule has 0 radical (unpaired) electrons. The zero-order valence-electron chi connectivity index (χ0n) is 11.8. The molecule has 0 aliphatic rings. The lowest BCUT2D eigenvalue weighted by molar-refractivity contribution is -0.151. The van der Waals surface area contributed by atoms with Crippen molar-refractivity contribution >= 4 is 21.9 Å². The van der Waals surface area contributed by atoms with E-state index in [1.54, 1.807) is 27.0 Å². The van der Waals surface area contributed by atoms with Crippen molar-refractivity contribution in [1.29, 1.82) is 0 Å². The molecule has 0 fully saturated rings. The van der Waals surface area contributed by atoms with E-state index >= 15 is 0 Å². The third-order valence-corrected chi connectivity index (χ3v) is 3.59. The zero-order valence-corrected chi connectivity index (χ0v) is 13.4. The summed E-state index contributed by atoms with van der Waals surface area (Å²) in [6.07, 6.45) is 0. The maximum Gasteiger partial charge on any atom is 0.330 e. The second-order valence-corrected chi connectivity index (χ2v) is 5.24. The molecule has 6 heteroatoms. The minimum absolute atomic E-state index is 0.277. The Bertz CT molecular complexity index is 470. The molecule has 0 heterocycles. The van der Waals surface area contributed by atoms with Crippen LogP contribution in [-0.2, 0) is 19.8 Å². The van der Waals surface area contributed by atoms with Crippen molar-refractivity contribution in [3.8, 4) is 0 Å². The molecular weight excluding hydrogens is 329 g/mol. The Morgan fingerprint density at radius 3 is 2.75 bits per heavy atom. The topological polar surface area (TPSA) is 47.6 Å². The highest BCUT2D eigenvalue weighted by Crippen LogP contribution is 2.30. The van der Waals surface area contributed by atoms with Crippen molar-refractivity contribution in [2.24, 2.45) is 0 Å². The second-order valence-electron chi connectivity index (χ2n) is 4.39. The van der Waals surface area contributed by atoms with Crippen LogP contribution in [-0.4, -0.2) is 32.8 Å². The number of ether oxygens (including phenoxy) is 2. The Morgan fingerprint density at radius 2 is 2.20 bits per heavy atom. The van der Waals surface area contributed by atoms with Crippen molar-refractivity contribution < 1.29 is 18.7 Å². The van der Waals surface area contributed by atoms with Gasteiger partial charge in [-0.2, -0.15) is 0 Å². The number of benzene rings is 1. The molecule has 0 aliphatic carbocycles. The summed E-state index contributed by atoms with van der Waals surface area (Å²) in [7, 11) is 1.58. The molecule has 0 amide bonds. The van der Waals surface area contributed by atoms with E-state index in [-0.39, 0.29) is 12.4 Å². The first-order valence-corrected chi connectivity index (χ1v) is 7.11. The van der Waals surface area contributed by atoms with E-state index < -0.39 is 11.5 Å². The number of carbonyl (C=O) groups is 1. The summed E-state index contributed by atoms with van der Waals surface area (Å²) in [5, 5.41) is 3.11. The van der Waals surface area contributed by atoms with E-state index in [0.717, 1.165) is 0 Å². The van der Waals surface area contributed by atoms with Gasteiger partial charge in [-0.1, -0.05) is 22.0 Å². The zero-order chi connectivity index (χ0) is 15.2. The maximum absolute atomic E-state index is 13.2. The SMILES string of the molecule is CCOC(=O)C(C)(NCCOC)c1ccc(F)cc1Br. The van der Waals surface area contributed by atoms with Crippen LogP contribution in [0.4, 0.5) is 4.39 Å². The maximum atomic E-state index is 13.2. The molecule has 1 rings (SSSR count). The normalized spacial score (nSPS) is 13.8. The van der Waals surface area contributed by atoms with Gasteiger partial charge in [-0.3, -0.25) is 5.32 Å². The van der Waals surface area contributed by atoms with Crippen molar-refractivity contribution in [2.75, 3.05) is 26.9 Å². The molecule has 4 nitrogen and oxygen atoms in total. The number of carbonyl (C=O) groups excluding carboxylic acids is 1. The Hall–Kier alpha value is -0.980. The highest BCUT2D eigenvalue weighted by Gasteiger charge is 2.37. The van der Waals surface area contributed by atoms with Crippen molar-refractivity contribution in [1.82, 2.24) is 5.32 Å². The van der Waals surface area contributed by atoms with E-state index in [2.05, 4.69) is 21.2 Å². The van der Waals surface area contributed by atoms with Gasteiger partial charge in [0.25, 0.3) is 0 Å². The van der Waals surface area contributed by atoms with Gasteiger partial charge in [0.1, 0.15) is 11.4 Å². The van der Waals surface area contributed by atoms with Crippen molar-refractivity contribution in [3.63, 3.8) is 0 Å². The lowest BCUT2D eigenvalue weighted by atomic mass is 9.92. The molecule has 1 aromatic rings.